The van der Waals surface area contributed by atoms with Gasteiger partial charge in [-0.05, 0) is 36.8 Å². The van der Waals surface area contributed by atoms with Crippen molar-refractivity contribution in [2.45, 2.75) is 32.6 Å². The van der Waals surface area contributed by atoms with E-state index in [-0.39, 0.29) is 15.9 Å². The first kappa shape index (κ1) is 14.6. The Kier molecular flexibility index (Phi) is 5.06. The van der Waals surface area contributed by atoms with Crippen molar-refractivity contribution in [3.8, 4) is 0 Å². The van der Waals surface area contributed by atoms with Crippen LogP contribution in [0.4, 0.5) is 0 Å². The molecule has 2 rings (SSSR count). The van der Waals surface area contributed by atoms with Crippen molar-refractivity contribution in [2.75, 3.05) is 6.61 Å². The van der Waals surface area contributed by atoms with Crippen LogP contribution in [0.3, 0.4) is 0 Å². The first-order valence-electron chi connectivity index (χ1n) is 6.55. The van der Waals surface area contributed by atoms with E-state index in [2.05, 4.69) is 11.9 Å². The highest BCUT2D eigenvalue weighted by atomic mass is 35.5. The highest BCUT2D eigenvalue weighted by Gasteiger charge is 2.21. The minimum Gasteiger partial charge on any atom is -0.461 e. The van der Waals surface area contributed by atoms with Gasteiger partial charge in [-0.2, -0.15) is 0 Å². The quantitative estimate of drug-likeness (QED) is 0.614. The van der Waals surface area contributed by atoms with Gasteiger partial charge in [-0.3, -0.25) is 0 Å². The van der Waals surface area contributed by atoms with Gasteiger partial charge < -0.3 is 4.74 Å². The second-order valence-corrected chi connectivity index (χ2v) is 6.00. The summed E-state index contributed by atoms with van der Waals surface area (Å²) in [5.41, 5.74) is 0.0954. The third-order valence-electron chi connectivity index (χ3n) is 3.50. The van der Waals surface area contributed by atoms with Gasteiger partial charge in [0.15, 0.2) is 5.69 Å². The first-order chi connectivity index (χ1) is 9.06. The van der Waals surface area contributed by atoms with Crippen LogP contribution >= 0.6 is 23.2 Å². The molecule has 1 aliphatic carbocycles. The lowest BCUT2D eigenvalue weighted by Gasteiger charge is -2.26. The van der Waals surface area contributed by atoms with E-state index in [0.29, 0.717) is 18.4 Å². The zero-order chi connectivity index (χ0) is 13.8. The highest BCUT2D eigenvalue weighted by molar-refractivity contribution is 6.34. The standard InChI is InChI=1S/C14H17Cl2NO2/c1-9-3-2-4-10(7-9)8-19-14(18)13-11(15)5-6-12(16)17-13/h5-6,9-10H,2-4,7-8H2,1H3. The van der Waals surface area contributed by atoms with Crippen LogP contribution < -0.4 is 0 Å². The number of esters is 1. The number of carbonyl (C=O) groups excluding carboxylic acids is 1. The molecule has 0 saturated heterocycles. The summed E-state index contributed by atoms with van der Waals surface area (Å²) in [6, 6.07) is 3.10. The smallest absolute Gasteiger partial charge is 0.358 e. The van der Waals surface area contributed by atoms with Crippen molar-refractivity contribution in [2.24, 2.45) is 11.8 Å². The lowest BCUT2D eigenvalue weighted by Crippen LogP contribution is -2.20. The SMILES string of the molecule is CC1CCCC(COC(=O)c2nc(Cl)ccc2Cl)C1. The molecule has 0 aliphatic heterocycles. The maximum absolute atomic E-state index is 11.9. The third kappa shape index (κ3) is 4.08. The molecule has 0 aromatic carbocycles. The Morgan fingerprint density at radius 3 is 2.95 bits per heavy atom. The van der Waals surface area contributed by atoms with E-state index in [0.717, 1.165) is 12.8 Å². The number of hydrogen-bond acceptors (Lipinski definition) is 3. The van der Waals surface area contributed by atoms with Gasteiger partial charge in [-0.1, -0.05) is 43.0 Å². The molecule has 1 fully saturated rings. The summed E-state index contributed by atoms with van der Waals surface area (Å²) < 4.78 is 5.31. The van der Waals surface area contributed by atoms with Gasteiger partial charge in [0.1, 0.15) is 5.15 Å². The number of aromatic nitrogens is 1. The molecular weight excluding hydrogens is 285 g/mol. The Bertz CT molecular complexity index is 465. The molecule has 5 heteroatoms. The Morgan fingerprint density at radius 1 is 1.42 bits per heavy atom. The minimum absolute atomic E-state index is 0.0954. The van der Waals surface area contributed by atoms with E-state index < -0.39 is 5.97 Å². The third-order valence-corrected chi connectivity index (χ3v) is 4.02. The molecule has 3 nitrogen and oxygen atoms in total. The van der Waals surface area contributed by atoms with Crippen LogP contribution in [0, 0.1) is 11.8 Å². The molecule has 2 atom stereocenters. The lowest BCUT2D eigenvalue weighted by atomic mass is 9.83. The number of carbonyl (C=O) groups is 1. The molecule has 1 aromatic rings. The summed E-state index contributed by atoms with van der Waals surface area (Å²) >= 11 is 11.7. The summed E-state index contributed by atoms with van der Waals surface area (Å²) in [6.45, 7) is 2.68. The molecule has 1 heterocycles. The summed E-state index contributed by atoms with van der Waals surface area (Å²) in [5, 5.41) is 0.508. The molecule has 0 N–H and O–H groups in total. The summed E-state index contributed by atoms with van der Waals surface area (Å²) in [7, 11) is 0. The number of pyridine rings is 1. The van der Waals surface area contributed by atoms with E-state index in [1.165, 1.54) is 12.8 Å². The zero-order valence-corrected chi connectivity index (χ0v) is 12.4. The van der Waals surface area contributed by atoms with Crippen molar-refractivity contribution >= 4 is 29.2 Å². The normalized spacial score (nSPS) is 23.1. The molecule has 0 amide bonds. The fraction of sp³-hybridized carbons (Fsp3) is 0.571. The van der Waals surface area contributed by atoms with Gasteiger partial charge in [-0.25, -0.2) is 9.78 Å². The zero-order valence-electron chi connectivity index (χ0n) is 10.9. The average Bonchev–Trinajstić information content (AvgIpc) is 2.39. The Balaban J connectivity index is 1.92. The molecule has 0 bridgehead atoms. The molecule has 104 valence electrons. The Hall–Kier alpha value is -0.800. The molecule has 1 saturated carbocycles. The average molecular weight is 302 g/mol. The second kappa shape index (κ2) is 6.58. The van der Waals surface area contributed by atoms with E-state index in [1.807, 2.05) is 0 Å². The molecule has 1 aliphatic rings. The fourth-order valence-electron chi connectivity index (χ4n) is 2.53. The molecule has 19 heavy (non-hydrogen) atoms. The molecule has 0 radical (unpaired) electrons. The van der Waals surface area contributed by atoms with E-state index in [4.69, 9.17) is 27.9 Å². The lowest BCUT2D eigenvalue weighted by molar-refractivity contribution is 0.0384. The maximum atomic E-state index is 11.9. The van der Waals surface area contributed by atoms with Crippen molar-refractivity contribution in [3.05, 3.63) is 28.0 Å². The van der Waals surface area contributed by atoms with Crippen molar-refractivity contribution in [3.63, 3.8) is 0 Å². The van der Waals surface area contributed by atoms with Gasteiger partial charge in [0.2, 0.25) is 0 Å². The summed E-state index contributed by atoms with van der Waals surface area (Å²) in [4.78, 5) is 15.8. The first-order valence-corrected chi connectivity index (χ1v) is 7.31. The molecule has 2 unspecified atom stereocenters. The molecular formula is C14H17Cl2NO2. The van der Waals surface area contributed by atoms with Crippen LogP contribution in [0.25, 0.3) is 0 Å². The van der Waals surface area contributed by atoms with E-state index >= 15 is 0 Å². The summed E-state index contributed by atoms with van der Waals surface area (Å²) in [5.74, 6) is 0.668. The van der Waals surface area contributed by atoms with Crippen LogP contribution in [0.2, 0.25) is 10.2 Å². The van der Waals surface area contributed by atoms with Crippen molar-refractivity contribution < 1.29 is 9.53 Å². The number of halogens is 2. The van der Waals surface area contributed by atoms with Crippen molar-refractivity contribution in [1.29, 1.82) is 0 Å². The van der Waals surface area contributed by atoms with Gasteiger partial charge in [0, 0.05) is 0 Å². The minimum atomic E-state index is -0.495. The van der Waals surface area contributed by atoms with Crippen LogP contribution in [-0.2, 0) is 4.74 Å². The highest BCUT2D eigenvalue weighted by Crippen LogP contribution is 2.29. The Labute approximate surface area is 123 Å². The second-order valence-electron chi connectivity index (χ2n) is 5.20. The van der Waals surface area contributed by atoms with Gasteiger partial charge in [0.05, 0.1) is 11.6 Å². The predicted molar refractivity (Wildman–Crippen MR) is 75.7 cm³/mol. The van der Waals surface area contributed by atoms with Gasteiger partial charge in [0.25, 0.3) is 0 Å². The van der Waals surface area contributed by atoms with E-state index in [1.54, 1.807) is 12.1 Å². The van der Waals surface area contributed by atoms with Gasteiger partial charge in [-0.15, -0.1) is 0 Å². The predicted octanol–water partition coefficient (Wildman–Crippen LogP) is 4.37. The molecule has 0 spiro atoms. The number of hydrogen-bond donors (Lipinski definition) is 0. The number of rotatable bonds is 3. The van der Waals surface area contributed by atoms with Crippen LogP contribution in [0.15, 0.2) is 12.1 Å². The van der Waals surface area contributed by atoms with E-state index in [9.17, 15) is 4.79 Å². The molecule has 1 aromatic heterocycles. The van der Waals surface area contributed by atoms with Crippen LogP contribution in [0.5, 0.6) is 0 Å². The topological polar surface area (TPSA) is 39.2 Å². The van der Waals surface area contributed by atoms with Gasteiger partial charge >= 0.3 is 5.97 Å². The number of ether oxygens (including phenoxy) is 1. The maximum Gasteiger partial charge on any atom is 0.358 e. The van der Waals surface area contributed by atoms with Crippen molar-refractivity contribution in [1.82, 2.24) is 4.98 Å². The number of nitrogens with zero attached hydrogens (tertiary/aromatic N) is 1. The Morgan fingerprint density at radius 2 is 2.21 bits per heavy atom. The van der Waals surface area contributed by atoms with Crippen LogP contribution in [-0.4, -0.2) is 17.6 Å². The van der Waals surface area contributed by atoms with Crippen LogP contribution in [0.1, 0.15) is 43.1 Å². The monoisotopic (exact) mass is 301 g/mol. The fourth-order valence-corrected chi connectivity index (χ4v) is 2.86. The largest absolute Gasteiger partial charge is 0.461 e. The summed E-state index contributed by atoms with van der Waals surface area (Å²) in [6.07, 6.45) is 4.71.